The molecule has 2 amide bonds. The van der Waals surface area contributed by atoms with E-state index < -0.39 is 0 Å². The SMILES string of the molecule is O=C(NCc1ccc[nH]1)C1CCCN1C(=O)Cc1ccccc1. The molecule has 2 N–H and O–H groups in total. The van der Waals surface area contributed by atoms with E-state index >= 15 is 0 Å². The average molecular weight is 311 g/mol. The monoisotopic (exact) mass is 311 g/mol. The van der Waals surface area contributed by atoms with E-state index in [0.29, 0.717) is 19.5 Å². The maximum absolute atomic E-state index is 12.5. The average Bonchev–Trinajstić information content (AvgIpc) is 3.25. The van der Waals surface area contributed by atoms with Crippen molar-refractivity contribution < 1.29 is 9.59 Å². The van der Waals surface area contributed by atoms with Crippen molar-refractivity contribution >= 4 is 11.8 Å². The lowest BCUT2D eigenvalue weighted by Gasteiger charge is -2.24. The minimum atomic E-state index is -0.346. The van der Waals surface area contributed by atoms with Gasteiger partial charge in [-0.1, -0.05) is 30.3 Å². The van der Waals surface area contributed by atoms with Crippen molar-refractivity contribution in [1.82, 2.24) is 15.2 Å². The molecule has 2 heterocycles. The maximum Gasteiger partial charge on any atom is 0.243 e. The first kappa shape index (κ1) is 15.3. The molecule has 0 spiro atoms. The Balaban J connectivity index is 1.58. The number of nitrogens with zero attached hydrogens (tertiary/aromatic N) is 1. The van der Waals surface area contributed by atoms with Crippen LogP contribution in [0.5, 0.6) is 0 Å². The zero-order chi connectivity index (χ0) is 16.1. The zero-order valence-corrected chi connectivity index (χ0v) is 13.0. The fraction of sp³-hybridized carbons (Fsp3) is 0.333. The second-order valence-electron chi connectivity index (χ2n) is 5.82. The van der Waals surface area contributed by atoms with E-state index in [4.69, 9.17) is 0 Å². The summed E-state index contributed by atoms with van der Waals surface area (Å²) in [6.07, 6.45) is 3.78. The van der Waals surface area contributed by atoms with Gasteiger partial charge < -0.3 is 15.2 Å². The summed E-state index contributed by atoms with van der Waals surface area (Å²) in [5.74, 6) is -0.0489. The summed E-state index contributed by atoms with van der Waals surface area (Å²) in [5, 5.41) is 2.91. The van der Waals surface area contributed by atoms with E-state index in [9.17, 15) is 9.59 Å². The summed E-state index contributed by atoms with van der Waals surface area (Å²) in [7, 11) is 0. The van der Waals surface area contributed by atoms with Gasteiger partial charge in [0.2, 0.25) is 11.8 Å². The quantitative estimate of drug-likeness (QED) is 0.885. The summed E-state index contributed by atoms with van der Waals surface area (Å²) < 4.78 is 0. The van der Waals surface area contributed by atoms with Crippen molar-refractivity contribution in [1.29, 1.82) is 0 Å². The van der Waals surface area contributed by atoms with Crippen molar-refractivity contribution in [3.63, 3.8) is 0 Å². The molecule has 1 fully saturated rings. The molecule has 0 aliphatic carbocycles. The fourth-order valence-electron chi connectivity index (χ4n) is 2.99. The summed E-state index contributed by atoms with van der Waals surface area (Å²) in [6.45, 7) is 1.12. The second kappa shape index (κ2) is 7.13. The Morgan fingerprint density at radius 3 is 2.74 bits per heavy atom. The molecule has 1 aromatic heterocycles. The van der Waals surface area contributed by atoms with Gasteiger partial charge in [-0.3, -0.25) is 9.59 Å². The highest BCUT2D eigenvalue weighted by Crippen LogP contribution is 2.19. The number of carbonyl (C=O) groups is 2. The van der Waals surface area contributed by atoms with Crippen LogP contribution in [0.4, 0.5) is 0 Å². The van der Waals surface area contributed by atoms with Gasteiger partial charge in [0, 0.05) is 18.4 Å². The van der Waals surface area contributed by atoms with Crippen LogP contribution in [0.15, 0.2) is 48.7 Å². The summed E-state index contributed by atoms with van der Waals surface area (Å²) in [6, 6.07) is 13.1. The molecule has 0 radical (unpaired) electrons. The molecule has 0 bridgehead atoms. The second-order valence-corrected chi connectivity index (χ2v) is 5.82. The summed E-state index contributed by atoms with van der Waals surface area (Å²) in [5.41, 5.74) is 1.94. The maximum atomic E-state index is 12.5. The Hall–Kier alpha value is -2.56. The van der Waals surface area contributed by atoms with Gasteiger partial charge in [0.1, 0.15) is 6.04 Å². The normalized spacial score (nSPS) is 17.2. The highest BCUT2D eigenvalue weighted by atomic mass is 16.2. The third-order valence-corrected chi connectivity index (χ3v) is 4.19. The predicted octanol–water partition coefficient (Wildman–Crippen LogP) is 1.86. The van der Waals surface area contributed by atoms with Crippen LogP contribution in [0.2, 0.25) is 0 Å². The van der Waals surface area contributed by atoms with Crippen LogP contribution in [-0.4, -0.2) is 34.3 Å². The Bertz CT molecular complexity index is 652. The zero-order valence-electron chi connectivity index (χ0n) is 13.0. The number of carbonyl (C=O) groups excluding carboxylic acids is 2. The number of aromatic amines is 1. The smallest absolute Gasteiger partial charge is 0.243 e. The van der Waals surface area contributed by atoms with Crippen LogP contribution in [0, 0.1) is 0 Å². The van der Waals surface area contributed by atoms with Crippen LogP contribution in [0.3, 0.4) is 0 Å². The molecule has 5 nitrogen and oxygen atoms in total. The first-order chi connectivity index (χ1) is 11.2. The van der Waals surface area contributed by atoms with E-state index in [1.807, 2.05) is 48.7 Å². The van der Waals surface area contributed by atoms with Gasteiger partial charge in [-0.2, -0.15) is 0 Å². The molecule has 3 rings (SSSR count). The first-order valence-electron chi connectivity index (χ1n) is 7.97. The van der Waals surface area contributed by atoms with Gasteiger partial charge in [0.25, 0.3) is 0 Å². The van der Waals surface area contributed by atoms with Crippen molar-refractivity contribution in [2.24, 2.45) is 0 Å². The molecule has 1 saturated heterocycles. The number of H-pyrrole nitrogens is 1. The number of benzene rings is 1. The van der Waals surface area contributed by atoms with Gasteiger partial charge >= 0.3 is 0 Å². The highest BCUT2D eigenvalue weighted by molar-refractivity contribution is 5.89. The lowest BCUT2D eigenvalue weighted by Crippen LogP contribution is -2.46. The summed E-state index contributed by atoms with van der Waals surface area (Å²) in [4.78, 5) is 29.7. The van der Waals surface area contributed by atoms with Crippen LogP contribution >= 0.6 is 0 Å². The van der Waals surface area contributed by atoms with Gasteiger partial charge in [-0.25, -0.2) is 0 Å². The lowest BCUT2D eigenvalue weighted by atomic mass is 10.1. The Morgan fingerprint density at radius 2 is 2.00 bits per heavy atom. The number of hydrogen-bond acceptors (Lipinski definition) is 2. The van der Waals surface area contributed by atoms with Crippen molar-refractivity contribution in [3.05, 3.63) is 59.9 Å². The minimum absolute atomic E-state index is 0.0220. The Labute approximate surface area is 135 Å². The topological polar surface area (TPSA) is 65.2 Å². The number of nitrogens with one attached hydrogen (secondary N) is 2. The Morgan fingerprint density at radius 1 is 1.17 bits per heavy atom. The molecule has 5 heteroatoms. The molecule has 120 valence electrons. The van der Waals surface area contributed by atoms with Gasteiger partial charge in [-0.15, -0.1) is 0 Å². The van der Waals surface area contributed by atoms with Crippen molar-refractivity contribution in [2.75, 3.05) is 6.54 Å². The van der Waals surface area contributed by atoms with Crippen molar-refractivity contribution in [3.8, 4) is 0 Å². The van der Waals surface area contributed by atoms with E-state index in [0.717, 1.165) is 24.1 Å². The molecule has 1 aliphatic rings. The molecular formula is C18H21N3O2. The molecule has 1 unspecified atom stereocenters. The van der Waals surface area contributed by atoms with Crippen LogP contribution < -0.4 is 5.32 Å². The first-order valence-corrected chi connectivity index (χ1v) is 7.97. The van der Waals surface area contributed by atoms with E-state index in [1.165, 1.54) is 0 Å². The van der Waals surface area contributed by atoms with Crippen LogP contribution in [0.25, 0.3) is 0 Å². The minimum Gasteiger partial charge on any atom is -0.364 e. The molecule has 1 atom stereocenters. The molecule has 2 aromatic rings. The molecule has 0 saturated carbocycles. The van der Waals surface area contributed by atoms with E-state index in [1.54, 1.807) is 4.90 Å². The lowest BCUT2D eigenvalue weighted by molar-refractivity contribution is -0.138. The molecule has 1 aromatic carbocycles. The number of likely N-dealkylation sites (tertiary alicyclic amines) is 1. The largest absolute Gasteiger partial charge is 0.364 e. The predicted molar refractivity (Wildman–Crippen MR) is 87.5 cm³/mol. The van der Waals surface area contributed by atoms with Crippen molar-refractivity contribution in [2.45, 2.75) is 31.8 Å². The Kier molecular flexibility index (Phi) is 4.76. The standard InChI is InChI=1S/C18H21N3O2/c22-17(12-14-6-2-1-3-7-14)21-11-5-9-16(21)18(23)20-13-15-8-4-10-19-15/h1-4,6-8,10,16,19H,5,9,11-13H2,(H,20,23). The van der Waals surface area contributed by atoms with Gasteiger partial charge in [0.05, 0.1) is 13.0 Å². The van der Waals surface area contributed by atoms with E-state index in [2.05, 4.69) is 10.3 Å². The van der Waals surface area contributed by atoms with Crippen LogP contribution in [0.1, 0.15) is 24.1 Å². The molecule has 23 heavy (non-hydrogen) atoms. The van der Waals surface area contributed by atoms with E-state index in [-0.39, 0.29) is 17.9 Å². The van der Waals surface area contributed by atoms with Gasteiger partial charge in [-0.05, 0) is 30.5 Å². The van der Waals surface area contributed by atoms with Crippen LogP contribution in [-0.2, 0) is 22.6 Å². The molecular weight excluding hydrogens is 290 g/mol. The fourth-order valence-corrected chi connectivity index (χ4v) is 2.99. The summed E-state index contributed by atoms with van der Waals surface area (Å²) >= 11 is 0. The number of rotatable bonds is 5. The third-order valence-electron chi connectivity index (χ3n) is 4.19. The highest BCUT2D eigenvalue weighted by Gasteiger charge is 2.33. The third kappa shape index (κ3) is 3.80. The van der Waals surface area contributed by atoms with Gasteiger partial charge in [0.15, 0.2) is 0 Å². The number of amides is 2. The molecule has 1 aliphatic heterocycles. The number of aromatic nitrogens is 1. The number of hydrogen-bond donors (Lipinski definition) is 2.